The van der Waals surface area contributed by atoms with Crippen molar-refractivity contribution in [2.75, 3.05) is 13.7 Å². The molecule has 0 radical (unpaired) electrons. The summed E-state index contributed by atoms with van der Waals surface area (Å²) < 4.78 is 6.73. The zero-order valence-corrected chi connectivity index (χ0v) is 16.5. The average molecular weight is 394 g/mol. The van der Waals surface area contributed by atoms with Gasteiger partial charge in [0.2, 0.25) is 0 Å². The van der Waals surface area contributed by atoms with Crippen LogP contribution in [-0.2, 0) is 9.53 Å². The van der Waals surface area contributed by atoms with E-state index in [1.807, 2.05) is 36.6 Å². The van der Waals surface area contributed by atoms with Crippen molar-refractivity contribution >= 4 is 35.0 Å². The molecule has 2 heterocycles. The fraction of sp³-hybridized carbons (Fsp3) is 0.190. The van der Waals surface area contributed by atoms with Gasteiger partial charge in [0.15, 0.2) is 0 Å². The maximum atomic E-state index is 12.4. The molecule has 0 unspecified atom stereocenters. The molecule has 1 saturated heterocycles. The number of terminal acetylenes is 1. The van der Waals surface area contributed by atoms with E-state index in [9.17, 15) is 14.4 Å². The Morgan fingerprint density at radius 2 is 1.93 bits per heavy atom. The molecule has 2 aromatic rings. The van der Waals surface area contributed by atoms with Gasteiger partial charge < -0.3 is 9.30 Å². The second-order valence-electron chi connectivity index (χ2n) is 6.17. The highest BCUT2D eigenvalue weighted by Gasteiger charge is 2.34. The molecule has 0 N–H and O–H groups in total. The first kappa shape index (κ1) is 19.5. The minimum Gasteiger partial charge on any atom is -0.465 e. The number of methoxy groups -OCH3 is 1. The van der Waals surface area contributed by atoms with Crippen LogP contribution in [0.3, 0.4) is 0 Å². The molecule has 0 aliphatic carbocycles. The number of rotatable bonds is 4. The van der Waals surface area contributed by atoms with Crippen molar-refractivity contribution in [2.45, 2.75) is 13.8 Å². The van der Waals surface area contributed by atoms with Gasteiger partial charge in [-0.15, -0.1) is 6.42 Å². The minimum atomic E-state index is -0.393. The molecule has 0 atom stereocenters. The van der Waals surface area contributed by atoms with E-state index in [1.165, 1.54) is 7.11 Å². The third kappa shape index (κ3) is 3.47. The van der Waals surface area contributed by atoms with Gasteiger partial charge in [0.1, 0.15) is 0 Å². The largest absolute Gasteiger partial charge is 0.465 e. The fourth-order valence-corrected chi connectivity index (χ4v) is 3.89. The van der Waals surface area contributed by atoms with Crippen molar-refractivity contribution in [3.8, 4) is 18.0 Å². The quantitative estimate of drug-likeness (QED) is 0.451. The molecule has 1 aromatic heterocycles. The standard InChI is InChI=1S/C21H18N2O4S/c1-5-10-22-19(24)18(28-21(22)26)12-16-11-13(2)23(14(16)3)17-8-6-15(7-9-17)20(25)27-4/h1,6-9,11-12H,10H2,2-4H3/b18-12-. The highest BCUT2D eigenvalue weighted by Crippen LogP contribution is 2.33. The van der Waals surface area contributed by atoms with E-state index in [-0.39, 0.29) is 17.7 Å². The van der Waals surface area contributed by atoms with Gasteiger partial charge in [0.25, 0.3) is 11.1 Å². The fourth-order valence-electron chi connectivity index (χ4n) is 3.06. The first-order valence-electron chi connectivity index (χ1n) is 8.44. The van der Waals surface area contributed by atoms with Crippen LogP contribution in [0.4, 0.5) is 4.79 Å². The number of imide groups is 1. The number of ether oxygens (including phenoxy) is 1. The maximum absolute atomic E-state index is 12.4. The molecular weight excluding hydrogens is 376 g/mol. The summed E-state index contributed by atoms with van der Waals surface area (Å²) in [6.07, 6.45) is 6.93. The maximum Gasteiger partial charge on any atom is 0.337 e. The Hall–Kier alpha value is -3.24. The molecule has 1 aliphatic rings. The summed E-state index contributed by atoms with van der Waals surface area (Å²) in [7, 11) is 1.34. The Labute approximate surface area is 167 Å². The molecule has 6 nitrogen and oxygen atoms in total. The van der Waals surface area contributed by atoms with E-state index in [2.05, 4.69) is 5.92 Å². The molecule has 1 aliphatic heterocycles. The third-order valence-corrected chi connectivity index (χ3v) is 5.33. The number of aromatic nitrogens is 1. The average Bonchev–Trinajstić information content (AvgIpc) is 3.11. The lowest BCUT2D eigenvalue weighted by Crippen LogP contribution is -2.28. The minimum absolute atomic E-state index is 0.0342. The first-order valence-corrected chi connectivity index (χ1v) is 9.25. The van der Waals surface area contributed by atoms with E-state index in [0.717, 1.165) is 39.3 Å². The van der Waals surface area contributed by atoms with Crippen LogP contribution in [0.15, 0.2) is 35.2 Å². The SMILES string of the molecule is C#CCN1C(=O)S/C(=C\c2cc(C)n(-c3ccc(C(=O)OC)cc3)c2C)C1=O. The van der Waals surface area contributed by atoms with Crippen LogP contribution in [0.5, 0.6) is 0 Å². The van der Waals surface area contributed by atoms with Crippen molar-refractivity contribution in [1.82, 2.24) is 9.47 Å². The molecule has 0 bridgehead atoms. The lowest BCUT2D eigenvalue weighted by Gasteiger charge is -2.10. The van der Waals surface area contributed by atoms with Crippen molar-refractivity contribution in [2.24, 2.45) is 0 Å². The number of hydrogen-bond donors (Lipinski definition) is 0. The van der Waals surface area contributed by atoms with Gasteiger partial charge >= 0.3 is 5.97 Å². The van der Waals surface area contributed by atoms with Gasteiger partial charge in [-0.25, -0.2) is 4.79 Å². The summed E-state index contributed by atoms with van der Waals surface area (Å²) in [5.41, 5.74) is 4.05. The van der Waals surface area contributed by atoms with E-state index in [4.69, 9.17) is 11.2 Å². The Morgan fingerprint density at radius 1 is 1.25 bits per heavy atom. The summed E-state index contributed by atoms with van der Waals surface area (Å²) in [4.78, 5) is 37.4. The normalized spacial score (nSPS) is 15.2. The van der Waals surface area contributed by atoms with Crippen LogP contribution < -0.4 is 0 Å². The monoisotopic (exact) mass is 394 g/mol. The zero-order chi connectivity index (χ0) is 20.4. The summed E-state index contributed by atoms with van der Waals surface area (Å²) in [6, 6.07) is 9.00. The number of aryl methyl sites for hydroxylation is 1. The molecule has 28 heavy (non-hydrogen) atoms. The number of thioether (sulfide) groups is 1. The topological polar surface area (TPSA) is 68.6 Å². The Kier molecular flexibility index (Phi) is 5.43. The molecule has 2 amide bonds. The van der Waals surface area contributed by atoms with Gasteiger partial charge in [-0.3, -0.25) is 14.5 Å². The van der Waals surface area contributed by atoms with E-state index in [1.54, 1.807) is 18.2 Å². The second-order valence-corrected chi connectivity index (χ2v) is 7.17. The molecule has 1 fully saturated rings. The predicted molar refractivity (Wildman–Crippen MR) is 108 cm³/mol. The van der Waals surface area contributed by atoms with Crippen LogP contribution in [-0.4, -0.2) is 40.2 Å². The van der Waals surface area contributed by atoms with Crippen LogP contribution >= 0.6 is 11.8 Å². The number of nitrogens with zero attached hydrogens (tertiary/aromatic N) is 2. The van der Waals surface area contributed by atoms with Gasteiger partial charge in [0, 0.05) is 17.1 Å². The lowest BCUT2D eigenvalue weighted by atomic mass is 10.2. The van der Waals surface area contributed by atoms with Crippen LogP contribution in [0.1, 0.15) is 27.3 Å². The van der Waals surface area contributed by atoms with Crippen LogP contribution in [0, 0.1) is 26.2 Å². The highest BCUT2D eigenvalue weighted by atomic mass is 32.2. The zero-order valence-electron chi connectivity index (χ0n) is 15.7. The van der Waals surface area contributed by atoms with Gasteiger partial charge in [-0.1, -0.05) is 5.92 Å². The lowest BCUT2D eigenvalue weighted by molar-refractivity contribution is -0.122. The Balaban J connectivity index is 1.95. The number of hydrogen-bond acceptors (Lipinski definition) is 5. The third-order valence-electron chi connectivity index (χ3n) is 4.43. The van der Waals surface area contributed by atoms with Gasteiger partial charge in [-0.2, -0.15) is 0 Å². The summed E-state index contributed by atoms with van der Waals surface area (Å²) in [5.74, 6) is 1.56. The molecule has 142 valence electrons. The van der Waals surface area contributed by atoms with Crippen molar-refractivity contribution in [3.63, 3.8) is 0 Å². The van der Waals surface area contributed by atoms with E-state index in [0.29, 0.717) is 10.5 Å². The van der Waals surface area contributed by atoms with Gasteiger partial charge in [0.05, 0.1) is 24.1 Å². The molecule has 7 heteroatoms. The van der Waals surface area contributed by atoms with E-state index >= 15 is 0 Å². The molecule has 0 spiro atoms. The van der Waals surface area contributed by atoms with Crippen LogP contribution in [0.25, 0.3) is 11.8 Å². The van der Waals surface area contributed by atoms with Gasteiger partial charge in [-0.05, 0) is 67.6 Å². The molecular formula is C21H18N2O4S. The molecule has 1 aromatic carbocycles. The van der Waals surface area contributed by atoms with Crippen LogP contribution in [0.2, 0.25) is 0 Å². The second kappa shape index (κ2) is 7.79. The Bertz CT molecular complexity index is 1040. The molecule has 0 saturated carbocycles. The van der Waals surface area contributed by atoms with E-state index < -0.39 is 5.97 Å². The number of benzene rings is 1. The number of carbonyl (C=O) groups is 3. The number of amides is 2. The highest BCUT2D eigenvalue weighted by molar-refractivity contribution is 8.18. The summed E-state index contributed by atoms with van der Waals surface area (Å²) in [5, 5.41) is -0.360. The molecule has 3 rings (SSSR count). The van der Waals surface area contributed by atoms with Crippen molar-refractivity contribution in [1.29, 1.82) is 0 Å². The summed E-state index contributed by atoms with van der Waals surface area (Å²) >= 11 is 0.886. The predicted octanol–water partition coefficient (Wildman–Crippen LogP) is 3.55. The van der Waals surface area contributed by atoms with Crippen molar-refractivity contribution < 1.29 is 19.1 Å². The first-order chi connectivity index (χ1) is 13.4. The Morgan fingerprint density at radius 3 is 2.54 bits per heavy atom. The summed E-state index contributed by atoms with van der Waals surface area (Å²) in [6.45, 7) is 3.84. The van der Waals surface area contributed by atoms with Crippen molar-refractivity contribution in [3.05, 3.63) is 57.8 Å². The smallest absolute Gasteiger partial charge is 0.337 e. The number of carbonyl (C=O) groups excluding carboxylic acids is 3. The number of esters is 1.